The smallest absolute Gasteiger partial charge is 0.224 e. The SMILES string of the molecule is CCCC(C)Nc1ncc2c(-c3ccc(CN4CCN(C)CC4)cc3)nn(C3CCC(O)CC3)c2n1. The van der Waals surface area contributed by atoms with Gasteiger partial charge < -0.3 is 15.3 Å². The molecule has 1 unspecified atom stereocenters. The summed E-state index contributed by atoms with van der Waals surface area (Å²) in [7, 11) is 2.19. The summed E-state index contributed by atoms with van der Waals surface area (Å²) < 4.78 is 2.10. The fourth-order valence-corrected chi connectivity index (χ4v) is 5.52. The molecule has 2 N–H and O–H groups in total. The summed E-state index contributed by atoms with van der Waals surface area (Å²) in [6, 6.07) is 9.42. The van der Waals surface area contributed by atoms with Crippen LogP contribution in [0.4, 0.5) is 5.95 Å². The largest absolute Gasteiger partial charge is 0.393 e. The van der Waals surface area contributed by atoms with Crippen molar-refractivity contribution in [2.45, 2.75) is 77.1 Å². The second-order valence-corrected chi connectivity index (χ2v) is 10.8. The number of rotatable bonds is 8. The minimum atomic E-state index is -0.197. The number of fused-ring (bicyclic) bond motifs is 1. The normalized spacial score (nSPS) is 22.7. The van der Waals surface area contributed by atoms with Crippen LogP contribution in [0.3, 0.4) is 0 Å². The quantitative estimate of drug-likeness (QED) is 0.486. The van der Waals surface area contributed by atoms with Crippen LogP contribution in [-0.2, 0) is 6.54 Å². The van der Waals surface area contributed by atoms with Crippen molar-refractivity contribution in [3.63, 3.8) is 0 Å². The first-order chi connectivity index (χ1) is 17.5. The summed E-state index contributed by atoms with van der Waals surface area (Å²) in [5, 5.41) is 19.6. The fraction of sp³-hybridized carbons (Fsp3) is 0.607. The molecule has 5 rings (SSSR count). The highest BCUT2D eigenvalue weighted by atomic mass is 16.3. The van der Waals surface area contributed by atoms with E-state index in [0.29, 0.717) is 12.0 Å². The maximum atomic E-state index is 10.0. The lowest BCUT2D eigenvalue weighted by Gasteiger charge is -2.32. The third-order valence-corrected chi connectivity index (χ3v) is 7.79. The van der Waals surface area contributed by atoms with E-state index in [4.69, 9.17) is 10.1 Å². The molecule has 3 heterocycles. The monoisotopic (exact) mass is 491 g/mol. The molecule has 8 heteroatoms. The summed E-state index contributed by atoms with van der Waals surface area (Å²) in [5.74, 6) is 0.662. The number of aliphatic hydroxyl groups excluding tert-OH is 1. The summed E-state index contributed by atoms with van der Waals surface area (Å²) in [5.41, 5.74) is 4.26. The van der Waals surface area contributed by atoms with Gasteiger partial charge in [0.15, 0.2) is 5.65 Å². The molecule has 0 amide bonds. The van der Waals surface area contributed by atoms with Gasteiger partial charge in [-0.25, -0.2) is 9.67 Å². The summed E-state index contributed by atoms with van der Waals surface area (Å²) in [6.07, 6.45) is 7.38. The lowest BCUT2D eigenvalue weighted by Crippen LogP contribution is -2.43. The van der Waals surface area contributed by atoms with E-state index in [-0.39, 0.29) is 12.1 Å². The Morgan fingerprint density at radius 2 is 1.78 bits per heavy atom. The maximum Gasteiger partial charge on any atom is 0.224 e. The molecule has 1 atom stereocenters. The lowest BCUT2D eigenvalue weighted by molar-refractivity contribution is 0.109. The van der Waals surface area contributed by atoms with Crippen molar-refractivity contribution in [3.05, 3.63) is 36.0 Å². The van der Waals surface area contributed by atoms with Crippen LogP contribution in [0, 0.1) is 0 Å². The highest BCUT2D eigenvalue weighted by molar-refractivity contribution is 5.91. The second-order valence-electron chi connectivity index (χ2n) is 10.8. The van der Waals surface area contributed by atoms with Crippen LogP contribution in [0.5, 0.6) is 0 Å². The first-order valence-corrected chi connectivity index (χ1v) is 13.7. The summed E-state index contributed by atoms with van der Waals surface area (Å²) in [4.78, 5) is 14.5. The van der Waals surface area contributed by atoms with Crippen molar-refractivity contribution in [1.82, 2.24) is 29.5 Å². The number of aliphatic hydroxyl groups is 1. The predicted molar refractivity (Wildman–Crippen MR) is 145 cm³/mol. The fourth-order valence-electron chi connectivity index (χ4n) is 5.52. The molecule has 36 heavy (non-hydrogen) atoms. The van der Waals surface area contributed by atoms with Crippen molar-refractivity contribution < 1.29 is 5.11 Å². The van der Waals surface area contributed by atoms with Crippen LogP contribution in [-0.4, -0.2) is 80.0 Å². The Kier molecular flexibility index (Phi) is 7.84. The maximum absolute atomic E-state index is 10.0. The number of nitrogens with zero attached hydrogens (tertiary/aromatic N) is 6. The van der Waals surface area contributed by atoms with Gasteiger partial charge in [0, 0.05) is 50.5 Å². The molecule has 3 aromatic rings. The van der Waals surface area contributed by atoms with E-state index in [1.807, 2.05) is 6.20 Å². The minimum Gasteiger partial charge on any atom is -0.393 e. The number of piperazine rings is 1. The highest BCUT2D eigenvalue weighted by Crippen LogP contribution is 2.34. The van der Waals surface area contributed by atoms with Crippen molar-refractivity contribution in [2.75, 3.05) is 38.5 Å². The number of nitrogens with one attached hydrogen (secondary N) is 1. The van der Waals surface area contributed by atoms with Gasteiger partial charge >= 0.3 is 0 Å². The van der Waals surface area contributed by atoms with E-state index in [1.54, 1.807) is 0 Å². The van der Waals surface area contributed by atoms with E-state index >= 15 is 0 Å². The molecule has 194 valence electrons. The summed E-state index contributed by atoms with van der Waals surface area (Å²) in [6.45, 7) is 9.86. The van der Waals surface area contributed by atoms with Gasteiger partial charge in [0.25, 0.3) is 0 Å². The van der Waals surface area contributed by atoms with E-state index in [1.165, 1.54) is 5.56 Å². The zero-order valence-corrected chi connectivity index (χ0v) is 22.0. The van der Waals surface area contributed by atoms with Gasteiger partial charge in [-0.1, -0.05) is 37.6 Å². The number of aromatic nitrogens is 4. The molecule has 1 aromatic carbocycles. The third kappa shape index (κ3) is 5.71. The molecule has 2 fully saturated rings. The van der Waals surface area contributed by atoms with Gasteiger partial charge in [-0.2, -0.15) is 10.1 Å². The first kappa shape index (κ1) is 25.1. The molecule has 0 radical (unpaired) electrons. The average molecular weight is 492 g/mol. The number of hydrogen-bond donors (Lipinski definition) is 2. The first-order valence-electron chi connectivity index (χ1n) is 13.7. The van der Waals surface area contributed by atoms with Crippen LogP contribution in [0.1, 0.15) is 64.0 Å². The van der Waals surface area contributed by atoms with Crippen LogP contribution in [0.25, 0.3) is 22.3 Å². The molecule has 1 saturated carbocycles. The standard InChI is InChI=1S/C28H41N7O/c1-4-5-20(2)30-28-29-18-25-26(32-35(27(25)31-28)23-10-12-24(36)13-11-23)22-8-6-21(7-9-22)19-34-16-14-33(3)15-17-34/h6-9,18,20,23-24,36H,4-5,10-17,19H2,1-3H3,(H,29,30,31). The van der Waals surface area contributed by atoms with Crippen LogP contribution >= 0.6 is 0 Å². The number of likely N-dealkylation sites (N-methyl/N-ethyl adjacent to an activating group) is 1. The molecular weight excluding hydrogens is 450 g/mol. The van der Waals surface area contributed by atoms with Gasteiger partial charge in [-0.3, -0.25) is 4.90 Å². The van der Waals surface area contributed by atoms with Gasteiger partial charge in [0.1, 0.15) is 5.69 Å². The van der Waals surface area contributed by atoms with E-state index in [9.17, 15) is 5.11 Å². The molecule has 8 nitrogen and oxygen atoms in total. The Morgan fingerprint density at radius 3 is 2.47 bits per heavy atom. The molecule has 2 aliphatic rings. The molecule has 2 aromatic heterocycles. The molecular formula is C28H41N7O. The van der Waals surface area contributed by atoms with E-state index in [2.05, 4.69) is 69.9 Å². The van der Waals surface area contributed by atoms with Crippen molar-refractivity contribution >= 4 is 17.0 Å². The Morgan fingerprint density at radius 1 is 1.06 bits per heavy atom. The van der Waals surface area contributed by atoms with Gasteiger partial charge in [-0.05, 0) is 51.6 Å². The van der Waals surface area contributed by atoms with E-state index < -0.39 is 0 Å². The van der Waals surface area contributed by atoms with Gasteiger partial charge in [0.05, 0.1) is 17.5 Å². The Balaban J connectivity index is 1.42. The van der Waals surface area contributed by atoms with E-state index in [0.717, 1.165) is 93.5 Å². The molecule has 0 spiro atoms. The number of anilines is 1. The lowest BCUT2D eigenvalue weighted by atomic mass is 9.93. The van der Waals surface area contributed by atoms with Gasteiger partial charge in [-0.15, -0.1) is 0 Å². The second kappa shape index (κ2) is 11.2. The third-order valence-electron chi connectivity index (χ3n) is 7.79. The molecule has 1 aliphatic carbocycles. The molecule has 1 aliphatic heterocycles. The van der Waals surface area contributed by atoms with Crippen LogP contribution in [0.2, 0.25) is 0 Å². The predicted octanol–water partition coefficient (Wildman–Crippen LogP) is 4.32. The van der Waals surface area contributed by atoms with Gasteiger partial charge in [0.2, 0.25) is 5.95 Å². The molecule has 0 bridgehead atoms. The average Bonchev–Trinajstić information content (AvgIpc) is 3.25. The highest BCUT2D eigenvalue weighted by Gasteiger charge is 2.26. The zero-order chi connectivity index (χ0) is 25.1. The zero-order valence-electron chi connectivity index (χ0n) is 22.0. The topological polar surface area (TPSA) is 82.3 Å². The summed E-state index contributed by atoms with van der Waals surface area (Å²) >= 11 is 0. The number of hydrogen-bond acceptors (Lipinski definition) is 7. The molecule has 1 saturated heterocycles. The Bertz CT molecular complexity index is 1130. The van der Waals surface area contributed by atoms with Crippen molar-refractivity contribution in [3.8, 4) is 11.3 Å². The Labute approximate surface area is 214 Å². The van der Waals surface area contributed by atoms with Crippen molar-refractivity contribution in [1.29, 1.82) is 0 Å². The van der Waals surface area contributed by atoms with Crippen LogP contribution in [0.15, 0.2) is 30.5 Å². The Hall–Kier alpha value is -2.55. The van der Waals surface area contributed by atoms with Crippen LogP contribution < -0.4 is 5.32 Å². The number of benzene rings is 1. The minimum absolute atomic E-state index is 0.197. The van der Waals surface area contributed by atoms with Crippen molar-refractivity contribution in [2.24, 2.45) is 0 Å².